The second kappa shape index (κ2) is 6.77. The summed E-state index contributed by atoms with van der Waals surface area (Å²) in [6, 6.07) is 1.07. The normalized spacial score (nSPS) is 10.1. The van der Waals surface area contributed by atoms with Crippen LogP contribution in [0.2, 0.25) is 0 Å². The van der Waals surface area contributed by atoms with E-state index in [0.29, 0.717) is 6.42 Å². The van der Waals surface area contributed by atoms with Crippen molar-refractivity contribution in [2.45, 2.75) is 13.3 Å². The van der Waals surface area contributed by atoms with Gasteiger partial charge in [0.25, 0.3) is 5.91 Å². The molecular formula is C12H14F2N2O3. The molecule has 0 saturated heterocycles. The topological polar surface area (TPSA) is 59.5 Å². The molecule has 1 aromatic rings. The molecule has 0 radical (unpaired) electrons. The van der Waals surface area contributed by atoms with E-state index in [1.165, 1.54) is 7.11 Å². The molecule has 1 aromatic heterocycles. The molecule has 0 N–H and O–H groups in total. The summed E-state index contributed by atoms with van der Waals surface area (Å²) < 4.78 is 30.9. The lowest BCUT2D eigenvalue weighted by molar-refractivity contribution is -0.141. The number of nitrogens with zero attached hydrogens (tertiary/aromatic N) is 2. The van der Waals surface area contributed by atoms with Gasteiger partial charge in [-0.05, 0) is 12.5 Å². The minimum absolute atomic E-state index is 0.233. The molecule has 0 aliphatic heterocycles. The van der Waals surface area contributed by atoms with Crippen LogP contribution in [0, 0.1) is 11.8 Å². The summed E-state index contributed by atoms with van der Waals surface area (Å²) in [7, 11) is 1.18. The van der Waals surface area contributed by atoms with E-state index in [1.54, 1.807) is 6.92 Å². The van der Waals surface area contributed by atoms with E-state index >= 15 is 0 Å². The fourth-order valence-electron chi connectivity index (χ4n) is 1.50. The zero-order valence-corrected chi connectivity index (χ0v) is 10.7. The van der Waals surface area contributed by atoms with E-state index in [0.717, 1.165) is 17.2 Å². The highest BCUT2D eigenvalue weighted by Gasteiger charge is 2.23. The smallest absolute Gasteiger partial charge is 0.325 e. The maximum absolute atomic E-state index is 13.5. The molecule has 1 heterocycles. The van der Waals surface area contributed by atoms with Crippen LogP contribution in [-0.4, -0.2) is 42.0 Å². The minimum Gasteiger partial charge on any atom is -0.468 e. The summed E-state index contributed by atoms with van der Waals surface area (Å²) in [4.78, 5) is 27.4. The Kier molecular flexibility index (Phi) is 5.35. The van der Waals surface area contributed by atoms with Gasteiger partial charge in [0.1, 0.15) is 6.54 Å². The molecule has 0 atom stereocenters. The number of aromatic nitrogens is 1. The summed E-state index contributed by atoms with van der Waals surface area (Å²) >= 11 is 0. The lowest BCUT2D eigenvalue weighted by Crippen LogP contribution is -2.37. The van der Waals surface area contributed by atoms with E-state index in [-0.39, 0.29) is 13.1 Å². The Balaban J connectivity index is 2.98. The number of pyridine rings is 1. The predicted octanol–water partition coefficient (Wildman–Crippen LogP) is 1.38. The van der Waals surface area contributed by atoms with Crippen LogP contribution < -0.4 is 0 Å². The number of methoxy groups -OCH3 is 1. The number of ether oxygens (including phenoxy) is 1. The first kappa shape index (κ1) is 15.0. The van der Waals surface area contributed by atoms with Crippen LogP contribution in [0.1, 0.15) is 23.7 Å². The molecule has 0 unspecified atom stereocenters. The molecule has 5 nitrogen and oxygen atoms in total. The SMILES string of the molecule is CCCN(CC(=O)OC)C(=O)c1ccnc(F)c1F. The largest absolute Gasteiger partial charge is 0.468 e. The fraction of sp³-hybridized carbons (Fsp3) is 0.417. The lowest BCUT2D eigenvalue weighted by Gasteiger charge is -2.20. The van der Waals surface area contributed by atoms with E-state index in [2.05, 4.69) is 9.72 Å². The second-order valence-electron chi connectivity index (χ2n) is 3.77. The van der Waals surface area contributed by atoms with Crippen molar-refractivity contribution in [1.82, 2.24) is 9.88 Å². The number of rotatable bonds is 5. The van der Waals surface area contributed by atoms with Gasteiger partial charge in [0.2, 0.25) is 5.95 Å². The Bertz CT molecular complexity index is 480. The van der Waals surface area contributed by atoms with Gasteiger partial charge in [-0.25, -0.2) is 9.37 Å². The molecule has 0 aromatic carbocycles. The molecule has 1 amide bonds. The van der Waals surface area contributed by atoms with Crippen LogP contribution in [-0.2, 0) is 9.53 Å². The van der Waals surface area contributed by atoms with Crippen molar-refractivity contribution in [2.24, 2.45) is 0 Å². The number of amides is 1. The highest BCUT2D eigenvalue weighted by Crippen LogP contribution is 2.12. The highest BCUT2D eigenvalue weighted by atomic mass is 19.2. The number of hydrogen-bond donors (Lipinski definition) is 0. The minimum atomic E-state index is -1.35. The molecule has 0 spiro atoms. The van der Waals surface area contributed by atoms with Crippen LogP contribution in [0.25, 0.3) is 0 Å². The van der Waals surface area contributed by atoms with E-state index in [1.807, 2.05) is 0 Å². The lowest BCUT2D eigenvalue weighted by atomic mass is 10.2. The molecule has 0 fully saturated rings. The number of carbonyl (C=O) groups is 2. The van der Waals surface area contributed by atoms with Gasteiger partial charge in [0.15, 0.2) is 5.82 Å². The molecule has 0 bridgehead atoms. The van der Waals surface area contributed by atoms with Gasteiger partial charge in [0, 0.05) is 12.7 Å². The number of hydrogen-bond acceptors (Lipinski definition) is 4. The Morgan fingerprint density at radius 3 is 2.68 bits per heavy atom. The monoisotopic (exact) mass is 272 g/mol. The third-order valence-corrected chi connectivity index (χ3v) is 2.41. The zero-order chi connectivity index (χ0) is 14.4. The van der Waals surface area contributed by atoms with Gasteiger partial charge >= 0.3 is 5.97 Å². The van der Waals surface area contributed by atoms with Crippen molar-refractivity contribution in [2.75, 3.05) is 20.2 Å². The average molecular weight is 272 g/mol. The Labute approximate surface area is 109 Å². The zero-order valence-electron chi connectivity index (χ0n) is 10.7. The maximum atomic E-state index is 13.5. The van der Waals surface area contributed by atoms with Gasteiger partial charge in [-0.2, -0.15) is 4.39 Å². The van der Waals surface area contributed by atoms with Crippen molar-refractivity contribution in [3.8, 4) is 0 Å². The fourth-order valence-corrected chi connectivity index (χ4v) is 1.50. The molecule has 0 aliphatic rings. The average Bonchev–Trinajstić information content (AvgIpc) is 2.40. The quantitative estimate of drug-likeness (QED) is 0.600. The van der Waals surface area contributed by atoms with E-state index in [9.17, 15) is 18.4 Å². The predicted molar refractivity (Wildman–Crippen MR) is 62.4 cm³/mol. The van der Waals surface area contributed by atoms with Crippen LogP contribution in [0.3, 0.4) is 0 Å². The van der Waals surface area contributed by atoms with Gasteiger partial charge < -0.3 is 9.64 Å². The summed E-state index contributed by atoms with van der Waals surface area (Å²) in [5.41, 5.74) is -0.454. The first-order chi connectivity index (χ1) is 9.01. The Morgan fingerprint density at radius 2 is 2.11 bits per heavy atom. The first-order valence-electron chi connectivity index (χ1n) is 5.67. The van der Waals surface area contributed by atoms with Crippen LogP contribution >= 0.6 is 0 Å². The summed E-state index contributed by atoms with van der Waals surface area (Å²) in [5, 5.41) is 0. The molecule has 7 heteroatoms. The van der Waals surface area contributed by atoms with Crippen LogP contribution in [0.4, 0.5) is 8.78 Å². The molecule has 0 aliphatic carbocycles. The highest BCUT2D eigenvalue weighted by molar-refractivity contribution is 5.96. The van der Waals surface area contributed by atoms with Crippen molar-refractivity contribution < 1.29 is 23.1 Å². The molecular weight excluding hydrogens is 258 g/mol. The van der Waals surface area contributed by atoms with Crippen LogP contribution in [0.15, 0.2) is 12.3 Å². The molecule has 1 rings (SSSR count). The molecule has 0 saturated carbocycles. The Morgan fingerprint density at radius 1 is 1.42 bits per heavy atom. The van der Waals surface area contributed by atoms with Crippen LogP contribution in [0.5, 0.6) is 0 Å². The van der Waals surface area contributed by atoms with Gasteiger partial charge in [-0.1, -0.05) is 6.92 Å². The molecule has 19 heavy (non-hydrogen) atoms. The van der Waals surface area contributed by atoms with Crippen molar-refractivity contribution in [3.63, 3.8) is 0 Å². The first-order valence-corrected chi connectivity index (χ1v) is 5.67. The maximum Gasteiger partial charge on any atom is 0.325 e. The summed E-state index contributed by atoms with van der Waals surface area (Å²) in [6.07, 6.45) is 1.56. The Hall–Kier alpha value is -2.05. The molecule has 104 valence electrons. The van der Waals surface area contributed by atoms with Gasteiger partial charge in [0.05, 0.1) is 12.7 Å². The third kappa shape index (κ3) is 3.70. The third-order valence-electron chi connectivity index (χ3n) is 2.41. The van der Waals surface area contributed by atoms with Gasteiger partial charge in [-0.3, -0.25) is 9.59 Å². The summed E-state index contributed by atoms with van der Waals surface area (Å²) in [6.45, 7) is 1.71. The van der Waals surface area contributed by atoms with Crippen molar-refractivity contribution in [1.29, 1.82) is 0 Å². The van der Waals surface area contributed by atoms with Crippen molar-refractivity contribution >= 4 is 11.9 Å². The van der Waals surface area contributed by atoms with E-state index < -0.39 is 29.2 Å². The summed E-state index contributed by atoms with van der Waals surface area (Å²) in [5.74, 6) is -4.07. The number of carbonyl (C=O) groups excluding carboxylic acids is 2. The van der Waals surface area contributed by atoms with Crippen molar-refractivity contribution in [3.05, 3.63) is 29.6 Å². The van der Waals surface area contributed by atoms with Gasteiger partial charge in [-0.15, -0.1) is 0 Å². The van der Waals surface area contributed by atoms with E-state index in [4.69, 9.17) is 0 Å². The number of esters is 1. The second-order valence-corrected chi connectivity index (χ2v) is 3.77. The number of halogens is 2. The standard InChI is InChI=1S/C12H14F2N2O3/c1-3-6-16(7-9(17)19-2)12(18)8-4-5-15-11(14)10(8)13/h4-5H,3,6-7H2,1-2H3.